The predicted molar refractivity (Wildman–Crippen MR) is 89.5 cm³/mol. The number of nitrogen functional groups attached to an aromatic ring is 1. The largest absolute Gasteiger partial charge is 0.399 e. The number of hydrogen-bond donors (Lipinski definition) is 1. The van der Waals surface area contributed by atoms with Crippen LogP contribution >= 0.6 is 0 Å². The number of anilines is 1. The van der Waals surface area contributed by atoms with Crippen LogP contribution in [-0.2, 0) is 4.74 Å². The first-order valence-corrected chi connectivity index (χ1v) is 8.20. The van der Waals surface area contributed by atoms with Crippen molar-refractivity contribution < 1.29 is 4.74 Å². The fraction of sp³-hybridized carbons (Fsp3) is 0.667. The maximum absolute atomic E-state index is 5.76. The molecule has 1 fully saturated rings. The van der Waals surface area contributed by atoms with Crippen molar-refractivity contribution in [3.8, 4) is 0 Å². The summed E-state index contributed by atoms with van der Waals surface area (Å²) < 4.78 is 5.27. The summed E-state index contributed by atoms with van der Waals surface area (Å²) in [6, 6.07) is 9.01. The molecule has 2 atom stereocenters. The first-order chi connectivity index (χ1) is 10.1. The molecular weight excluding hydrogens is 260 g/mol. The molecule has 2 rings (SSSR count). The van der Waals surface area contributed by atoms with Gasteiger partial charge >= 0.3 is 0 Å². The fourth-order valence-electron chi connectivity index (χ4n) is 2.96. The molecule has 0 spiro atoms. The molecule has 118 valence electrons. The third-order valence-electron chi connectivity index (χ3n) is 4.82. The number of nitrogens with zero attached hydrogens (tertiary/aromatic N) is 1. The van der Waals surface area contributed by atoms with Crippen LogP contribution < -0.4 is 5.73 Å². The summed E-state index contributed by atoms with van der Waals surface area (Å²) in [6.07, 6.45) is 3.99. The van der Waals surface area contributed by atoms with Crippen LogP contribution in [0.15, 0.2) is 24.3 Å². The topological polar surface area (TPSA) is 38.5 Å². The monoisotopic (exact) mass is 290 g/mol. The Balaban J connectivity index is 1.85. The standard InChI is InChI=1S/C18H30N2O/c1-14(16-6-8-18(19)9-7-16)10-11-20(12-13-21-3)15(2)17-4-5-17/h6-9,14-15,17H,4-5,10-13,19H2,1-3H3. The van der Waals surface area contributed by atoms with Gasteiger partial charge in [-0.25, -0.2) is 0 Å². The van der Waals surface area contributed by atoms with Crippen LogP contribution in [0.3, 0.4) is 0 Å². The van der Waals surface area contributed by atoms with Gasteiger partial charge in [-0.2, -0.15) is 0 Å². The van der Waals surface area contributed by atoms with Gasteiger partial charge in [0.2, 0.25) is 0 Å². The van der Waals surface area contributed by atoms with Crippen molar-refractivity contribution in [3.05, 3.63) is 29.8 Å². The molecule has 1 aromatic rings. The van der Waals surface area contributed by atoms with E-state index in [1.54, 1.807) is 7.11 Å². The zero-order valence-electron chi connectivity index (χ0n) is 13.7. The zero-order valence-corrected chi connectivity index (χ0v) is 13.7. The van der Waals surface area contributed by atoms with Crippen LogP contribution in [0.5, 0.6) is 0 Å². The van der Waals surface area contributed by atoms with Crippen LogP contribution in [0.1, 0.15) is 44.6 Å². The third kappa shape index (κ3) is 5.01. The summed E-state index contributed by atoms with van der Waals surface area (Å²) in [6.45, 7) is 7.70. The predicted octanol–water partition coefficient (Wildman–Crippen LogP) is 3.51. The van der Waals surface area contributed by atoms with Gasteiger partial charge in [-0.15, -0.1) is 0 Å². The molecule has 1 aromatic carbocycles. The van der Waals surface area contributed by atoms with Crippen LogP contribution in [-0.4, -0.2) is 37.7 Å². The van der Waals surface area contributed by atoms with Crippen molar-refractivity contribution in [2.45, 2.75) is 45.1 Å². The van der Waals surface area contributed by atoms with Gasteiger partial charge in [-0.3, -0.25) is 4.90 Å². The number of rotatable bonds is 9. The number of benzene rings is 1. The molecule has 0 bridgehead atoms. The Hall–Kier alpha value is -1.06. The number of methoxy groups -OCH3 is 1. The van der Waals surface area contributed by atoms with Crippen molar-refractivity contribution in [3.63, 3.8) is 0 Å². The molecule has 0 aromatic heterocycles. The maximum atomic E-state index is 5.76. The van der Waals surface area contributed by atoms with E-state index in [4.69, 9.17) is 10.5 Å². The Labute approximate surface area is 129 Å². The lowest BCUT2D eigenvalue weighted by atomic mass is 9.97. The Morgan fingerprint density at radius 2 is 1.86 bits per heavy atom. The van der Waals surface area contributed by atoms with Gasteiger partial charge in [0.1, 0.15) is 0 Å². The molecule has 1 aliphatic carbocycles. The highest BCUT2D eigenvalue weighted by atomic mass is 16.5. The minimum atomic E-state index is 0.571. The van der Waals surface area contributed by atoms with Gasteiger partial charge in [-0.1, -0.05) is 19.1 Å². The molecule has 0 aliphatic heterocycles. The van der Waals surface area contributed by atoms with E-state index < -0.39 is 0 Å². The number of ether oxygens (including phenoxy) is 1. The summed E-state index contributed by atoms with van der Waals surface area (Å²) in [5, 5.41) is 0. The fourth-order valence-corrected chi connectivity index (χ4v) is 2.96. The van der Waals surface area contributed by atoms with E-state index in [2.05, 4.69) is 30.9 Å². The van der Waals surface area contributed by atoms with Gasteiger partial charge in [0.05, 0.1) is 6.61 Å². The van der Waals surface area contributed by atoms with E-state index in [1.807, 2.05) is 12.1 Å². The molecule has 0 amide bonds. The average Bonchev–Trinajstić information content (AvgIpc) is 3.32. The SMILES string of the molecule is COCCN(CCC(C)c1ccc(N)cc1)C(C)C1CC1. The van der Waals surface area contributed by atoms with Crippen LogP contribution in [0.2, 0.25) is 0 Å². The molecule has 21 heavy (non-hydrogen) atoms. The summed E-state index contributed by atoms with van der Waals surface area (Å²) in [5.41, 5.74) is 7.99. The van der Waals surface area contributed by atoms with Crippen LogP contribution in [0.4, 0.5) is 5.69 Å². The Bertz CT molecular complexity index is 414. The molecule has 3 heteroatoms. The summed E-state index contributed by atoms with van der Waals surface area (Å²) >= 11 is 0. The lowest BCUT2D eigenvalue weighted by Gasteiger charge is -2.30. The van der Waals surface area contributed by atoms with Crippen molar-refractivity contribution >= 4 is 5.69 Å². The smallest absolute Gasteiger partial charge is 0.0589 e. The van der Waals surface area contributed by atoms with E-state index >= 15 is 0 Å². The number of hydrogen-bond acceptors (Lipinski definition) is 3. The minimum absolute atomic E-state index is 0.571. The molecule has 1 saturated carbocycles. The maximum Gasteiger partial charge on any atom is 0.0589 e. The Kier molecular flexibility index (Phi) is 6.07. The third-order valence-corrected chi connectivity index (χ3v) is 4.82. The Morgan fingerprint density at radius 3 is 2.43 bits per heavy atom. The number of nitrogens with two attached hydrogens (primary N) is 1. The lowest BCUT2D eigenvalue weighted by molar-refractivity contribution is 0.114. The van der Waals surface area contributed by atoms with Crippen molar-refractivity contribution in [2.75, 3.05) is 32.5 Å². The van der Waals surface area contributed by atoms with Gasteiger partial charge in [0.15, 0.2) is 0 Å². The van der Waals surface area contributed by atoms with Crippen molar-refractivity contribution in [2.24, 2.45) is 5.92 Å². The van der Waals surface area contributed by atoms with Crippen molar-refractivity contribution in [1.82, 2.24) is 4.90 Å². The zero-order chi connectivity index (χ0) is 15.2. The van der Waals surface area contributed by atoms with E-state index in [-0.39, 0.29) is 0 Å². The molecular formula is C18H30N2O. The summed E-state index contributed by atoms with van der Waals surface area (Å²) in [7, 11) is 1.79. The second-order valence-electron chi connectivity index (χ2n) is 6.46. The Morgan fingerprint density at radius 1 is 1.19 bits per heavy atom. The van der Waals surface area contributed by atoms with E-state index in [1.165, 1.54) is 24.8 Å². The van der Waals surface area contributed by atoms with Gasteiger partial charge in [0.25, 0.3) is 0 Å². The second kappa shape index (κ2) is 7.81. The first-order valence-electron chi connectivity index (χ1n) is 8.20. The summed E-state index contributed by atoms with van der Waals surface area (Å²) in [4.78, 5) is 2.61. The highest BCUT2D eigenvalue weighted by molar-refractivity contribution is 5.40. The molecule has 1 aliphatic rings. The lowest BCUT2D eigenvalue weighted by Crippen LogP contribution is -2.38. The first kappa shape index (κ1) is 16.3. The molecule has 0 saturated heterocycles. The minimum Gasteiger partial charge on any atom is -0.399 e. The second-order valence-corrected chi connectivity index (χ2v) is 6.46. The normalized spacial score (nSPS) is 17.9. The molecule has 2 unspecified atom stereocenters. The van der Waals surface area contributed by atoms with Crippen molar-refractivity contribution in [1.29, 1.82) is 0 Å². The molecule has 3 nitrogen and oxygen atoms in total. The van der Waals surface area contributed by atoms with Gasteiger partial charge in [-0.05, 0) is 62.3 Å². The molecule has 2 N–H and O–H groups in total. The van der Waals surface area contributed by atoms with Gasteiger partial charge in [0, 0.05) is 25.4 Å². The summed E-state index contributed by atoms with van der Waals surface area (Å²) in [5.74, 6) is 1.48. The average molecular weight is 290 g/mol. The molecule has 0 heterocycles. The van der Waals surface area contributed by atoms with Crippen LogP contribution in [0, 0.1) is 5.92 Å². The van der Waals surface area contributed by atoms with E-state index in [9.17, 15) is 0 Å². The van der Waals surface area contributed by atoms with Crippen LogP contribution in [0.25, 0.3) is 0 Å². The molecule has 0 radical (unpaired) electrons. The highest BCUT2D eigenvalue weighted by Crippen LogP contribution is 2.35. The van der Waals surface area contributed by atoms with E-state index in [0.717, 1.165) is 31.3 Å². The van der Waals surface area contributed by atoms with Gasteiger partial charge < -0.3 is 10.5 Å². The van der Waals surface area contributed by atoms with E-state index in [0.29, 0.717) is 12.0 Å². The highest BCUT2D eigenvalue weighted by Gasteiger charge is 2.31. The quantitative estimate of drug-likeness (QED) is 0.707.